The molecule has 0 bridgehead atoms. The molecule has 1 aliphatic heterocycles. The smallest absolute Gasteiger partial charge is 0.253 e. The minimum atomic E-state index is 0.0159. The molecular formula is C13H19N3O2. The van der Waals surface area contributed by atoms with Gasteiger partial charge in [-0.05, 0) is 18.2 Å². The molecule has 0 saturated heterocycles. The summed E-state index contributed by atoms with van der Waals surface area (Å²) < 4.78 is 4.97. The lowest BCUT2D eigenvalue weighted by Crippen LogP contribution is -2.30. The van der Waals surface area contributed by atoms with Crippen LogP contribution in [-0.2, 0) is 4.74 Å². The Bertz CT molecular complexity index is 434. The molecule has 1 amide bonds. The van der Waals surface area contributed by atoms with Gasteiger partial charge in [0, 0.05) is 39.4 Å². The van der Waals surface area contributed by atoms with E-state index in [2.05, 4.69) is 10.6 Å². The number of methoxy groups -OCH3 is 1. The second-order valence-electron chi connectivity index (χ2n) is 4.33. The molecule has 2 rings (SSSR count). The molecule has 1 aliphatic rings. The Balaban J connectivity index is 2.10. The number of hydrogen-bond acceptors (Lipinski definition) is 4. The molecule has 98 valence electrons. The zero-order chi connectivity index (χ0) is 13.0. The molecule has 5 heteroatoms. The molecule has 2 N–H and O–H groups in total. The van der Waals surface area contributed by atoms with Crippen LogP contribution in [0.5, 0.6) is 0 Å². The number of amides is 1. The van der Waals surface area contributed by atoms with E-state index in [1.807, 2.05) is 18.2 Å². The van der Waals surface area contributed by atoms with Gasteiger partial charge < -0.3 is 20.3 Å². The average molecular weight is 249 g/mol. The predicted molar refractivity (Wildman–Crippen MR) is 72.3 cm³/mol. The third-order valence-electron chi connectivity index (χ3n) is 3.00. The highest BCUT2D eigenvalue weighted by atomic mass is 16.5. The lowest BCUT2D eigenvalue weighted by atomic mass is 10.1. The Hall–Kier alpha value is -1.75. The van der Waals surface area contributed by atoms with Crippen molar-refractivity contribution in [2.45, 2.75) is 0 Å². The highest BCUT2D eigenvalue weighted by Gasteiger charge is 2.14. The van der Waals surface area contributed by atoms with Gasteiger partial charge in [-0.2, -0.15) is 0 Å². The summed E-state index contributed by atoms with van der Waals surface area (Å²) in [6.07, 6.45) is 0. The first-order valence-corrected chi connectivity index (χ1v) is 6.08. The van der Waals surface area contributed by atoms with Crippen molar-refractivity contribution in [3.8, 4) is 0 Å². The van der Waals surface area contributed by atoms with E-state index in [0.717, 1.165) is 24.5 Å². The molecule has 0 radical (unpaired) electrons. The van der Waals surface area contributed by atoms with Crippen LogP contribution in [0.25, 0.3) is 0 Å². The van der Waals surface area contributed by atoms with E-state index in [1.54, 1.807) is 19.1 Å². The molecular weight excluding hydrogens is 230 g/mol. The summed E-state index contributed by atoms with van der Waals surface area (Å²) in [5, 5.41) is 6.57. The van der Waals surface area contributed by atoms with E-state index in [9.17, 15) is 4.79 Å². The summed E-state index contributed by atoms with van der Waals surface area (Å²) in [7, 11) is 3.42. The zero-order valence-corrected chi connectivity index (χ0v) is 10.8. The molecule has 0 spiro atoms. The fourth-order valence-corrected chi connectivity index (χ4v) is 1.92. The Morgan fingerprint density at radius 3 is 2.78 bits per heavy atom. The first-order valence-electron chi connectivity index (χ1n) is 6.08. The van der Waals surface area contributed by atoms with Gasteiger partial charge in [0.15, 0.2) is 0 Å². The second-order valence-corrected chi connectivity index (χ2v) is 4.33. The third-order valence-corrected chi connectivity index (χ3v) is 3.00. The number of carbonyl (C=O) groups is 1. The number of carbonyl (C=O) groups excluding carboxylic acids is 1. The summed E-state index contributed by atoms with van der Waals surface area (Å²) in [5.74, 6) is 0.0159. The van der Waals surface area contributed by atoms with Crippen LogP contribution < -0.4 is 10.6 Å². The van der Waals surface area contributed by atoms with Crippen LogP contribution in [0.15, 0.2) is 18.2 Å². The van der Waals surface area contributed by atoms with Crippen LogP contribution in [0.1, 0.15) is 10.4 Å². The van der Waals surface area contributed by atoms with E-state index in [-0.39, 0.29) is 5.91 Å². The number of likely N-dealkylation sites (N-methyl/N-ethyl adjacent to an activating group) is 1. The maximum atomic E-state index is 12.2. The van der Waals surface area contributed by atoms with Gasteiger partial charge in [-0.1, -0.05) is 0 Å². The Kier molecular flexibility index (Phi) is 4.04. The van der Waals surface area contributed by atoms with Gasteiger partial charge in [0.2, 0.25) is 0 Å². The van der Waals surface area contributed by atoms with Crippen molar-refractivity contribution < 1.29 is 9.53 Å². The lowest BCUT2D eigenvalue weighted by Gasteiger charge is -2.22. The highest BCUT2D eigenvalue weighted by molar-refractivity contribution is 5.96. The maximum absolute atomic E-state index is 12.2. The largest absolute Gasteiger partial charge is 0.383 e. The molecule has 0 unspecified atom stereocenters. The van der Waals surface area contributed by atoms with Gasteiger partial charge in [0.1, 0.15) is 0 Å². The molecule has 0 aliphatic carbocycles. The van der Waals surface area contributed by atoms with E-state index >= 15 is 0 Å². The number of fused-ring (bicyclic) bond motifs is 1. The lowest BCUT2D eigenvalue weighted by molar-refractivity contribution is 0.0744. The van der Waals surface area contributed by atoms with Gasteiger partial charge in [-0.25, -0.2) is 0 Å². The summed E-state index contributed by atoms with van der Waals surface area (Å²) >= 11 is 0. The molecule has 18 heavy (non-hydrogen) atoms. The van der Waals surface area contributed by atoms with Crippen LogP contribution in [0, 0.1) is 0 Å². The third kappa shape index (κ3) is 2.73. The Labute approximate surface area is 107 Å². The SMILES string of the molecule is COCCN(C)C(=O)c1ccc2c(c1)NCCN2. The number of anilines is 2. The molecule has 0 atom stereocenters. The molecule has 0 saturated carbocycles. The van der Waals surface area contributed by atoms with Crippen molar-refractivity contribution in [2.75, 3.05) is 51.0 Å². The molecule has 1 aromatic carbocycles. The quantitative estimate of drug-likeness (QED) is 0.843. The van der Waals surface area contributed by atoms with Crippen molar-refractivity contribution in [3.63, 3.8) is 0 Å². The Morgan fingerprint density at radius 1 is 1.33 bits per heavy atom. The predicted octanol–water partition coefficient (Wildman–Crippen LogP) is 1.24. The molecule has 0 fully saturated rings. The number of ether oxygens (including phenoxy) is 1. The Morgan fingerprint density at radius 2 is 2.06 bits per heavy atom. The fraction of sp³-hybridized carbons (Fsp3) is 0.462. The van der Waals surface area contributed by atoms with Crippen molar-refractivity contribution in [3.05, 3.63) is 23.8 Å². The highest BCUT2D eigenvalue weighted by Crippen LogP contribution is 2.25. The van der Waals surface area contributed by atoms with Gasteiger partial charge in [-0.15, -0.1) is 0 Å². The maximum Gasteiger partial charge on any atom is 0.253 e. The first kappa shape index (κ1) is 12.7. The number of nitrogens with zero attached hydrogens (tertiary/aromatic N) is 1. The van der Waals surface area contributed by atoms with Crippen LogP contribution in [-0.4, -0.2) is 51.2 Å². The number of benzene rings is 1. The number of rotatable bonds is 4. The van der Waals surface area contributed by atoms with Crippen molar-refractivity contribution in [1.29, 1.82) is 0 Å². The van der Waals surface area contributed by atoms with Crippen LogP contribution in [0.3, 0.4) is 0 Å². The van der Waals surface area contributed by atoms with E-state index in [1.165, 1.54) is 0 Å². The molecule has 1 aromatic rings. The number of hydrogen-bond donors (Lipinski definition) is 2. The van der Waals surface area contributed by atoms with Crippen LogP contribution in [0.4, 0.5) is 11.4 Å². The summed E-state index contributed by atoms with van der Waals surface area (Å²) in [4.78, 5) is 13.8. The normalized spacial score (nSPS) is 13.2. The van der Waals surface area contributed by atoms with Crippen LogP contribution >= 0.6 is 0 Å². The zero-order valence-electron chi connectivity index (χ0n) is 10.8. The topological polar surface area (TPSA) is 53.6 Å². The fourth-order valence-electron chi connectivity index (χ4n) is 1.92. The van der Waals surface area contributed by atoms with Crippen molar-refractivity contribution in [1.82, 2.24) is 4.90 Å². The average Bonchev–Trinajstić information content (AvgIpc) is 2.43. The van der Waals surface area contributed by atoms with E-state index in [0.29, 0.717) is 18.7 Å². The number of nitrogens with one attached hydrogen (secondary N) is 2. The summed E-state index contributed by atoms with van der Waals surface area (Å²) in [6.45, 7) is 2.93. The summed E-state index contributed by atoms with van der Waals surface area (Å²) in [6, 6.07) is 5.69. The van der Waals surface area contributed by atoms with Crippen LogP contribution in [0.2, 0.25) is 0 Å². The first-order chi connectivity index (χ1) is 8.72. The molecule has 1 heterocycles. The standard InChI is InChI=1S/C13H19N3O2/c1-16(7-8-18-2)13(17)10-3-4-11-12(9-10)15-6-5-14-11/h3-4,9,14-15H,5-8H2,1-2H3. The van der Waals surface area contributed by atoms with Gasteiger partial charge in [0.05, 0.1) is 18.0 Å². The molecule has 5 nitrogen and oxygen atoms in total. The molecule has 0 aromatic heterocycles. The van der Waals surface area contributed by atoms with Gasteiger partial charge in [-0.3, -0.25) is 4.79 Å². The monoisotopic (exact) mass is 249 g/mol. The second kappa shape index (κ2) is 5.73. The van der Waals surface area contributed by atoms with Crippen molar-refractivity contribution >= 4 is 17.3 Å². The minimum Gasteiger partial charge on any atom is -0.383 e. The summed E-state index contributed by atoms with van der Waals surface area (Å²) in [5.41, 5.74) is 2.74. The van der Waals surface area contributed by atoms with Gasteiger partial charge >= 0.3 is 0 Å². The van der Waals surface area contributed by atoms with Gasteiger partial charge in [0.25, 0.3) is 5.91 Å². The van der Waals surface area contributed by atoms with E-state index in [4.69, 9.17) is 4.74 Å². The van der Waals surface area contributed by atoms with E-state index < -0.39 is 0 Å². The van der Waals surface area contributed by atoms with Crippen molar-refractivity contribution in [2.24, 2.45) is 0 Å². The minimum absolute atomic E-state index is 0.0159.